The molecule has 94 valence electrons. The quantitative estimate of drug-likeness (QED) is 0.812. The molecule has 1 aliphatic carbocycles. The molecular weight excluding hydrogens is 232 g/mol. The van der Waals surface area contributed by atoms with E-state index in [0.29, 0.717) is 12.3 Å². The first-order valence-corrected chi connectivity index (χ1v) is 7.10. The van der Waals surface area contributed by atoms with Gasteiger partial charge in [-0.2, -0.15) is 0 Å². The van der Waals surface area contributed by atoms with Crippen LogP contribution in [0.5, 0.6) is 0 Å². The Kier molecular flexibility index (Phi) is 4.18. The van der Waals surface area contributed by atoms with Gasteiger partial charge in [-0.3, -0.25) is 4.79 Å². The first-order chi connectivity index (χ1) is 8.15. The molecule has 1 aromatic rings. The number of nitrogens with two attached hydrogens (primary N) is 1. The molecule has 2 rings (SSSR count). The van der Waals surface area contributed by atoms with E-state index in [1.807, 2.05) is 13.0 Å². The maximum absolute atomic E-state index is 11.7. The molecular formula is C13H20N2OS. The highest BCUT2D eigenvalue weighted by Crippen LogP contribution is 2.32. The molecule has 1 heterocycles. The summed E-state index contributed by atoms with van der Waals surface area (Å²) in [7, 11) is 0. The zero-order chi connectivity index (χ0) is 12.3. The highest BCUT2D eigenvalue weighted by Gasteiger charge is 2.29. The van der Waals surface area contributed by atoms with Crippen LogP contribution in [0.15, 0.2) is 17.5 Å². The number of carbonyl (C=O) groups is 1. The van der Waals surface area contributed by atoms with Gasteiger partial charge in [0.05, 0.1) is 0 Å². The van der Waals surface area contributed by atoms with Crippen LogP contribution < -0.4 is 11.1 Å². The van der Waals surface area contributed by atoms with Gasteiger partial charge in [0, 0.05) is 29.8 Å². The molecule has 3 nitrogen and oxygen atoms in total. The van der Waals surface area contributed by atoms with Gasteiger partial charge in [-0.1, -0.05) is 6.07 Å². The minimum atomic E-state index is 0.0592. The topological polar surface area (TPSA) is 55.1 Å². The number of carbonyl (C=O) groups excluding carboxylic acids is 1. The van der Waals surface area contributed by atoms with Crippen LogP contribution in [-0.2, 0) is 11.2 Å². The van der Waals surface area contributed by atoms with E-state index in [2.05, 4.69) is 16.8 Å². The van der Waals surface area contributed by atoms with Crippen molar-refractivity contribution in [1.29, 1.82) is 0 Å². The van der Waals surface area contributed by atoms with Crippen molar-refractivity contribution in [3.63, 3.8) is 0 Å². The number of amides is 1. The molecule has 4 heteroatoms. The van der Waals surface area contributed by atoms with Crippen LogP contribution in [0.25, 0.3) is 0 Å². The summed E-state index contributed by atoms with van der Waals surface area (Å²) in [6.07, 6.45) is 3.76. The summed E-state index contributed by atoms with van der Waals surface area (Å²) >= 11 is 1.73. The minimum absolute atomic E-state index is 0.0592. The van der Waals surface area contributed by atoms with Gasteiger partial charge in [0.25, 0.3) is 0 Å². The Hall–Kier alpha value is -0.870. The molecule has 2 unspecified atom stereocenters. The van der Waals surface area contributed by atoms with Crippen LogP contribution in [-0.4, -0.2) is 18.0 Å². The molecule has 1 fully saturated rings. The van der Waals surface area contributed by atoms with Crippen molar-refractivity contribution >= 4 is 17.2 Å². The maximum atomic E-state index is 11.7. The second-order valence-corrected chi connectivity index (χ2v) is 5.99. The summed E-state index contributed by atoms with van der Waals surface area (Å²) in [6.45, 7) is 2.04. The molecule has 0 bridgehead atoms. The van der Waals surface area contributed by atoms with Crippen LogP contribution in [0.3, 0.4) is 0 Å². The van der Waals surface area contributed by atoms with Crippen LogP contribution >= 0.6 is 11.3 Å². The van der Waals surface area contributed by atoms with Gasteiger partial charge in [0.2, 0.25) is 5.91 Å². The fourth-order valence-electron chi connectivity index (χ4n) is 2.02. The van der Waals surface area contributed by atoms with E-state index in [1.165, 1.54) is 17.7 Å². The van der Waals surface area contributed by atoms with E-state index >= 15 is 0 Å². The fourth-order valence-corrected chi connectivity index (χ4v) is 2.86. The van der Waals surface area contributed by atoms with Gasteiger partial charge in [-0.15, -0.1) is 11.3 Å². The summed E-state index contributed by atoms with van der Waals surface area (Å²) in [5, 5.41) is 5.08. The molecule has 0 aliphatic heterocycles. The van der Waals surface area contributed by atoms with E-state index in [9.17, 15) is 4.79 Å². The summed E-state index contributed by atoms with van der Waals surface area (Å²) < 4.78 is 0. The maximum Gasteiger partial charge on any atom is 0.221 e. The Bertz CT molecular complexity index is 360. The average Bonchev–Trinajstić information content (AvgIpc) is 2.99. The van der Waals surface area contributed by atoms with Crippen LogP contribution in [0.4, 0.5) is 0 Å². The van der Waals surface area contributed by atoms with E-state index in [-0.39, 0.29) is 18.0 Å². The molecule has 0 saturated heterocycles. The van der Waals surface area contributed by atoms with Crippen LogP contribution in [0.1, 0.15) is 31.1 Å². The summed E-state index contributed by atoms with van der Waals surface area (Å²) in [5.41, 5.74) is 5.93. The molecule has 0 spiro atoms. The number of thiophene rings is 1. The Morgan fingerprint density at radius 1 is 1.65 bits per heavy atom. The lowest BCUT2D eigenvalue weighted by Gasteiger charge is -2.15. The lowest BCUT2D eigenvalue weighted by atomic mass is 10.1. The Balaban J connectivity index is 1.70. The number of hydrogen-bond acceptors (Lipinski definition) is 3. The van der Waals surface area contributed by atoms with Crippen LogP contribution in [0.2, 0.25) is 0 Å². The van der Waals surface area contributed by atoms with Gasteiger partial charge in [0.1, 0.15) is 0 Å². The smallest absolute Gasteiger partial charge is 0.221 e. The Morgan fingerprint density at radius 2 is 2.41 bits per heavy atom. The molecule has 1 aromatic heterocycles. The van der Waals surface area contributed by atoms with Crippen LogP contribution in [0, 0.1) is 5.92 Å². The van der Waals surface area contributed by atoms with Gasteiger partial charge in [0.15, 0.2) is 0 Å². The molecule has 1 aliphatic rings. The normalized spacial score (nSPS) is 18.7. The lowest BCUT2D eigenvalue weighted by Crippen LogP contribution is -2.38. The summed E-state index contributed by atoms with van der Waals surface area (Å²) in [5.74, 6) is 0.682. The standard InChI is InChI=1S/C13H20N2OS/c1-9(7-11-3-2-6-17-11)15-13(16)8-12(14)10-4-5-10/h2-3,6,9-10,12H,4-5,7-8,14H2,1H3,(H,15,16). The van der Waals surface area contributed by atoms with Crippen molar-refractivity contribution in [3.05, 3.63) is 22.4 Å². The van der Waals surface area contributed by atoms with Crippen molar-refractivity contribution in [3.8, 4) is 0 Å². The Morgan fingerprint density at radius 3 is 3.00 bits per heavy atom. The fraction of sp³-hybridized carbons (Fsp3) is 0.615. The largest absolute Gasteiger partial charge is 0.353 e. The van der Waals surface area contributed by atoms with Gasteiger partial charge in [-0.25, -0.2) is 0 Å². The van der Waals surface area contributed by atoms with Crippen molar-refractivity contribution < 1.29 is 4.79 Å². The van der Waals surface area contributed by atoms with E-state index in [4.69, 9.17) is 5.73 Å². The van der Waals surface area contributed by atoms with Gasteiger partial charge in [-0.05, 0) is 37.1 Å². The van der Waals surface area contributed by atoms with E-state index < -0.39 is 0 Å². The predicted octanol–water partition coefficient (Wildman–Crippen LogP) is 1.92. The lowest BCUT2D eigenvalue weighted by molar-refractivity contribution is -0.122. The highest BCUT2D eigenvalue weighted by atomic mass is 32.1. The van der Waals surface area contributed by atoms with Gasteiger partial charge < -0.3 is 11.1 Å². The van der Waals surface area contributed by atoms with Crippen molar-refractivity contribution in [2.45, 2.75) is 44.7 Å². The number of nitrogens with one attached hydrogen (secondary N) is 1. The monoisotopic (exact) mass is 252 g/mol. The summed E-state index contributed by atoms with van der Waals surface area (Å²) in [4.78, 5) is 13.0. The molecule has 3 N–H and O–H groups in total. The molecule has 1 saturated carbocycles. The number of rotatable bonds is 6. The molecule has 2 atom stereocenters. The second kappa shape index (κ2) is 5.65. The second-order valence-electron chi connectivity index (χ2n) is 4.96. The average molecular weight is 252 g/mol. The molecule has 0 radical (unpaired) electrons. The van der Waals surface area contributed by atoms with E-state index in [1.54, 1.807) is 11.3 Å². The predicted molar refractivity (Wildman–Crippen MR) is 70.9 cm³/mol. The van der Waals surface area contributed by atoms with Crippen molar-refractivity contribution in [2.75, 3.05) is 0 Å². The third-order valence-electron chi connectivity index (χ3n) is 3.14. The first-order valence-electron chi connectivity index (χ1n) is 6.22. The van der Waals surface area contributed by atoms with Crippen molar-refractivity contribution in [2.24, 2.45) is 11.7 Å². The molecule has 1 amide bonds. The minimum Gasteiger partial charge on any atom is -0.353 e. The first kappa shape index (κ1) is 12.6. The van der Waals surface area contributed by atoms with Gasteiger partial charge >= 0.3 is 0 Å². The Labute approximate surface area is 106 Å². The third kappa shape index (κ3) is 4.13. The highest BCUT2D eigenvalue weighted by molar-refractivity contribution is 7.09. The molecule has 0 aromatic carbocycles. The summed E-state index contributed by atoms with van der Waals surface area (Å²) in [6, 6.07) is 4.39. The zero-order valence-corrected chi connectivity index (χ0v) is 11.0. The molecule has 17 heavy (non-hydrogen) atoms. The third-order valence-corrected chi connectivity index (χ3v) is 4.04. The van der Waals surface area contributed by atoms with Crippen molar-refractivity contribution in [1.82, 2.24) is 5.32 Å². The SMILES string of the molecule is CC(Cc1cccs1)NC(=O)CC(N)C1CC1. The van der Waals surface area contributed by atoms with E-state index in [0.717, 1.165) is 6.42 Å². The zero-order valence-electron chi connectivity index (χ0n) is 10.2. The number of hydrogen-bond donors (Lipinski definition) is 2.